The van der Waals surface area contributed by atoms with Gasteiger partial charge in [0.1, 0.15) is 17.2 Å². The standard InChI is InChI=1S/C38H29FO6/c1-4-36(40)43-32-18-9-26(10-19-32)11-22-34-30(8-7-23-39)24-31(25-35(34)45-38(42)6-3)29-14-12-27(13-15-29)28-16-20-33(21-17-28)44-37(41)5-2/h4-6,9-10,12-21,24-25H,1-3,7-8,23H2. The van der Waals surface area contributed by atoms with Crippen LogP contribution in [0.5, 0.6) is 17.2 Å². The van der Waals surface area contributed by atoms with E-state index in [0.29, 0.717) is 29.0 Å². The first-order valence-corrected chi connectivity index (χ1v) is 13.9. The lowest BCUT2D eigenvalue weighted by molar-refractivity contribution is -0.129. The number of hydrogen-bond acceptors (Lipinski definition) is 6. The summed E-state index contributed by atoms with van der Waals surface area (Å²) in [6, 6.07) is 25.1. The first kappa shape index (κ1) is 31.9. The molecule has 0 bridgehead atoms. The Morgan fingerprint density at radius 1 is 0.622 bits per heavy atom. The Kier molecular flexibility index (Phi) is 11.0. The van der Waals surface area contributed by atoms with Crippen LogP contribution in [0.2, 0.25) is 0 Å². The number of carbonyl (C=O) groups is 3. The molecule has 4 rings (SSSR count). The van der Waals surface area contributed by atoms with E-state index >= 15 is 0 Å². The molecule has 0 saturated carbocycles. The molecule has 0 heterocycles. The van der Waals surface area contributed by atoms with E-state index in [2.05, 4.69) is 31.6 Å². The number of hydrogen-bond donors (Lipinski definition) is 0. The Hall–Kier alpha value is -6.00. The molecule has 6 nitrogen and oxygen atoms in total. The van der Waals surface area contributed by atoms with Gasteiger partial charge in [-0.3, -0.25) is 4.39 Å². The molecule has 0 unspecified atom stereocenters. The number of aryl methyl sites for hydroxylation is 1. The molecule has 224 valence electrons. The number of ether oxygens (including phenoxy) is 3. The number of esters is 3. The van der Waals surface area contributed by atoms with Gasteiger partial charge in [0, 0.05) is 23.8 Å². The van der Waals surface area contributed by atoms with Crippen molar-refractivity contribution in [2.24, 2.45) is 0 Å². The Labute approximate surface area is 261 Å². The molecule has 0 atom stereocenters. The van der Waals surface area contributed by atoms with E-state index in [9.17, 15) is 18.8 Å². The lowest BCUT2D eigenvalue weighted by Crippen LogP contribution is -2.07. The molecular weight excluding hydrogens is 571 g/mol. The first-order chi connectivity index (χ1) is 21.8. The van der Waals surface area contributed by atoms with Crippen LogP contribution in [0.15, 0.2) is 123 Å². The van der Waals surface area contributed by atoms with Crippen LogP contribution in [0.4, 0.5) is 4.39 Å². The summed E-state index contributed by atoms with van der Waals surface area (Å²) in [5.74, 6) is 5.37. The van der Waals surface area contributed by atoms with Crippen LogP contribution in [0.1, 0.15) is 23.1 Å². The Balaban J connectivity index is 1.68. The molecule has 0 radical (unpaired) electrons. The van der Waals surface area contributed by atoms with Gasteiger partial charge in [0.25, 0.3) is 0 Å². The monoisotopic (exact) mass is 600 g/mol. The minimum Gasteiger partial charge on any atom is -0.423 e. The second-order valence-electron chi connectivity index (χ2n) is 9.55. The fraction of sp³-hybridized carbons (Fsp3) is 0.0789. The second kappa shape index (κ2) is 15.5. The average molecular weight is 601 g/mol. The quantitative estimate of drug-likeness (QED) is 0.0764. The minimum atomic E-state index is -0.655. The van der Waals surface area contributed by atoms with E-state index in [0.717, 1.165) is 46.0 Å². The maximum absolute atomic E-state index is 13.3. The number of rotatable bonds is 11. The fourth-order valence-corrected chi connectivity index (χ4v) is 4.29. The average Bonchev–Trinajstić information content (AvgIpc) is 3.07. The molecule has 0 N–H and O–H groups in total. The van der Waals surface area contributed by atoms with E-state index in [1.165, 1.54) is 0 Å². The fourth-order valence-electron chi connectivity index (χ4n) is 4.29. The lowest BCUT2D eigenvalue weighted by atomic mass is 9.94. The Bertz CT molecular complexity index is 1790. The van der Waals surface area contributed by atoms with Gasteiger partial charge in [0.2, 0.25) is 0 Å². The van der Waals surface area contributed by atoms with Gasteiger partial charge < -0.3 is 14.2 Å². The second-order valence-corrected chi connectivity index (χ2v) is 9.55. The van der Waals surface area contributed by atoms with Crippen molar-refractivity contribution in [2.45, 2.75) is 12.8 Å². The predicted molar refractivity (Wildman–Crippen MR) is 172 cm³/mol. The number of carbonyl (C=O) groups excluding carboxylic acids is 3. The topological polar surface area (TPSA) is 78.9 Å². The Morgan fingerprint density at radius 2 is 1.09 bits per heavy atom. The molecule has 0 amide bonds. The van der Waals surface area contributed by atoms with E-state index in [-0.39, 0.29) is 12.2 Å². The molecule has 7 heteroatoms. The van der Waals surface area contributed by atoms with Crippen LogP contribution in [0, 0.1) is 11.8 Å². The molecule has 0 aliphatic rings. The molecule has 0 saturated heterocycles. The number of halogens is 1. The predicted octanol–water partition coefficient (Wildman–Crippen LogP) is 7.60. The number of alkyl halides is 1. The van der Waals surface area contributed by atoms with Crippen LogP contribution in [-0.2, 0) is 20.8 Å². The highest BCUT2D eigenvalue weighted by molar-refractivity contribution is 5.85. The Morgan fingerprint density at radius 3 is 1.60 bits per heavy atom. The van der Waals surface area contributed by atoms with Crippen molar-refractivity contribution >= 4 is 17.9 Å². The van der Waals surface area contributed by atoms with E-state index in [1.54, 1.807) is 42.5 Å². The van der Waals surface area contributed by atoms with Crippen LogP contribution in [0.3, 0.4) is 0 Å². The molecule has 0 spiro atoms. The van der Waals surface area contributed by atoms with Gasteiger partial charge in [-0.25, -0.2) is 14.4 Å². The highest BCUT2D eigenvalue weighted by Crippen LogP contribution is 2.33. The van der Waals surface area contributed by atoms with Gasteiger partial charge >= 0.3 is 17.9 Å². The smallest absolute Gasteiger partial charge is 0.335 e. The summed E-state index contributed by atoms with van der Waals surface area (Å²) in [6.45, 7) is 9.75. The third-order valence-corrected chi connectivity index (χ3v) is 6.50. The first-order valence-electron chi connectivity index (χ1n) is 13.9. The molecule has 0 aromatic heterocycles. The third-order valence-electron chi connectivity index (χ3n) is 6.50. The van der Waals surface area contributed by atoms with Crippen LogP contribution < -0.4 is 14.2 Å². The zero-order chi connectivity index (χ0) is 32.2. The summed E-state index contributed by atoms with van der Waals surface area (Å²) in [5.41, 5.74) is 5.25. The van der Waals surface area contributed by atoms with Crippen molar-refractivity contribution in [3.05, 3.63) is 140 Å². The highest BCUT2D eigenvalue weighted by atomic mass is 19.1. The molecule has 4 aromatic carbocycles. The maximum Gasteiger partial charge on any atom is 0.335 e. The van der Waals surface area contributed by atoms with E-state index < -0.39 is 24.6 Å². The summed E-state index contributed by atoms with van der Waals surface area (Å²) in [7, 11) is 0. The van der Waals surface area contributed by atoms with Crippen LogP contribution >= 0.6 is 0 Å². The summed E-state index contributed by atoms with van der Waals surface area (Å²) in [6.07, 6.45) is 3.86. The maximum atomic E-state index is 13.3. The SMILES string of the molecule is C=CC(=O)Oc1ccc(C#Cc2c(CCCF)cc(-c3ccc(-c4ccc(OC(=O)C=C)cc4)cc3)cc2OC(=O)C=C)cc1. The third kappa shape index (κ3) is 8.76. The molecule has 0 aliphatic carbocycles. The van der Waals surface area contributed by atoms with Crippen molar-refractivity contribution < 1.29 is 33.0 Å². The van der Waals surface area contributed by atoms with E-state index in [1.807, 2.05) is 42.5 Å². The van der Waals surface area contributed by atoms with Crippen LogP contribution in [-0.4, -0.2) is 24.6 Å². The highest BCUT2D eigenvalue weighted by Gasteiger charge is 2.15. The summed E-state index contributed by atoms with van der Waals surface area (Å²) >= 11 is 0. The van der Waals surface area contributed by atoms with Gasteiger partial charge in [-0.2, -0.15) is 0 Å². The van der Waals surface area contributed by atoms with Crippen molar-refractivity contribution in [3.8, 4) is 51.3 Å². The lowest BCUT2D eigenvalue weighted by Gasteiger charge is -2.14. The van der Waals surface area contributed by atoms with E-state index in [4.69, 9.17) is 14.2 Å². The van der Waals surface area contributed by atoms with Crippen molar-refractivity contribution in [2.75, 3.05) is 6.67 Å². The normalized spacial score (nSPS) is 10.1. The van der Waals surface area contributed by atoms with Gasteiger partial charge in [-0.15, -0.1) is 0 Å². The van der Waals surface area contributed by atoms with Gasteiger partial charge in [-0.1, -0.05) is 68.0 Å². The van der Waals surface area contributed by atoms with Crippen molar-refractivity contribution in [3.63, 3.8) is 0 Å². The summed E-state index contributed by atoms with van der Waals surface area (Å²) in [5, 5.41) is 0. The minimum absolute atomic E-state index is 0.226. The van der Waals surface area contributed by atoms with Gasteiger partial charge in [-0.05, 0) is 89.2 Å². The molecule has 0 fully saturated rings. The molecule has 45 heavy (non-hydrogen) atoms. The zero-order valence-electron chi connectivity index (χ0n) is 24.4. The largest absolute Gasteiger partial charge is 0.423 e. The summed E-state index contributed by atoms with van der Waals surface area (Å²) < 4.78 is 29.2. The van der Waals surface area contributed by atoms with Crippen molar-refractivity contribution in [1.29, 1.82) is 0 Å². The van der Waals surface area contributed by atoms with Crippen molar-refractivity contribution in [1.82, 2.24) is 0 Å². The van der Waals surface area contributed by atoms with Crippen LogP contribution in [0.25, 0.3) is 22.3 Å². The number of benzene rings is 4. The van der Waals surface area contributed by atoms with Gasteiger partial charge in [0.05, 0.1) is 12.2 Å². The molecule has 4 aromatic rings. The zero-order valence-corrected chi connectivity index (χ0v) is 24.4. The molecule has 0 aliphatic heterocycles. The van der Waals surface area contributed by atoms with Gasteiger partial charge in [0.15, 0.2) is 0 Å². The molecular formula is C38H29FO6. The summed E-state index contributed by atoms with van der Waals surface area (Å²) in [4.78, 5) is 35.2.